The van der Waals surface area contributed by atoms with Crippen molar-refractivity contribution in [1.82, 2.24) is 4.90 Å². The first-order valence-electron chi connectivity index (χ1n) is 11.5. The van der Waals surface area contributed by atoms with Crippen LogP contribution in [0.4, 0.5) is 5.69 Å². The first-order chi connectivity index (χ1) is 15.9. The van der Waals surface area contributed by atoms with Gasteiger partial charge in [-0.2, -0.15) is 0 Å². The number of anilines is 1. The second-order valence-electron chi connectivity index (χ2n) is 8.99. The molecule has 0 radical (unpaired) electrons. The monoisotopic (exact) mass is 450 g/mol. The molecule has 4 rings (SSSR count). The molecular formula is C26H30N2O5. The van der Waals surface area contributed by atoms with Crippen LogP contribution in [0.3, 0.4) is 0 Å². The van der Waals surface area contributed by atoms with E-state index in [4.69, 9.17) is 9.47 Å². The molecule has 0 aliphatic carbocycles. The maximum absolute atomic E-state index is 13.4. The number of benzene rings is 2. The van der Waals surface area contributed by atoms with Crippen LogP contribution in [0.2, 0.25) is 0 Å². The summed E-state index contributed by atoms with van der Waals surface area (Å²) >= 11 is 0. The number of hydrogen-bond donors (Lipinski definition) is 0. The first-order valence-corrected chi connectivity index (χ1v) is 11.5. The fourth-order valence-electron chi connectivity index (χ4n) is 4.63. The van der Waals surface area contributed by atoms with Gasteiger partial charge in [0.1, 0.15) is 0 Å². The van der Waals surface area contributed by atoms with Crippen LogP contribution in [-0.2, 0) is 30.3 Å². The summed E-state index contributed by atoms with van der Waals surface area (Å²) in [4.78, 5) is 40.5. The average Bonchev–Trinajstić information content (AvgIpc) is 3.11. The van der Waals surface area contributed by atoms with E-state index in [1.165, 1.54) is 12.5 Å². The Morgan fingerprint density at radius 1 is 1.00 bits per heavy atom. The van der Waals surface area contributed by atoms with Crippen LogP contribution in [0.15, 0.2) is 60.7 Å². The maximum atomic E-state index is 13.4. The zero-order valence-corrected chi connectivity index (χ0v) is 19.1. The van der Waals surface area contributed by atoms with Gasteiger partial charge in [-0.3, -0.25) is 9.69 Å². The number of ether oxygens (including phenoxy) is 2. The topological polar surface area (TPSA) is 76.1 Å². The molecular weight excluding hydrogens is 420 g/mol. The Morgan fingerprint density at radius 2 is 1.55 bits per heavy atom. The third-order valence-corrected chi connectivity index (χ3v) is 6.53. The molecule has 0 bridgehead atoms. The van der Waals surface area contributed by atoms with Crippen molar-refractivity contribution in [2.45, 2.75) is 44.9 Å². The van der Waals surface area contributed by atoms with Crippen LogP contribution in [0.5, 0.6) is 0 Å². The molecule has 0 N–H and O–H groups in total. The summed E-state index contributed by atoms with van der Waals surface area (Å²) in [5, 5.41) is 0. The lowest BCUT2D eigenvalue weighted by Gasteiger charge is -2.39. The number of amides is 1. The molecule has 7 heteroatoms. The molecule has 174 valence electrons. The number of cyclic esters (lactones) is 2. The molecule has 2 saturated heterocycles. The van der Waals surface area contributed by atoms with Crippen LogP contribution in [0, 0.1) is 5.92 Å². The molecule has 0 spiro atoms. The minimum atomic E-state index is -1.95. The van der Waals surface area contributed by atoms with E-state index < -0.39 is 23.6 Å². The quantitative estimate of drug-likeness (QED) is 0.476. The lowest BCUT2D eigenvalue weighted by molar-refractivity contribution is -0.182. The standard InChI is InChI=1S/C26H30N2O5/c1-19(27-15-13-21(14-16-27)17-20-9-5-3-6-10-20)18-28(22-11-7-4-8-12-22)25(31)26(2)32-23(29)24(30)33-26/h3-12,19,21H,13-18H2,1-2H3/t19-/m0/s1. The van der Waals surface area contributed by atoms with Crippen molar-refractivity contribution < 1.29 is 23.9 Å². The molecule has 1 amide bonds. The Balaban J connectivity index is 1.42. The van der Waals surface area contributed by atoms with Gasteiger partial charge in [0, 0.05) is 25.2 Å². The van der Waals surface area contributed by atoms with Gasteiger partial charge >= 0.3 is 23.6 Å². The van der Waals surface area contributed by atoms with Crippen molar-refractivity contribution in [1.29, 1.82) is 0 Å². The van der Waals surface area contributed by atoms with Crippen molar-refractivity contribution in [2.24, 2.45) is 5.92 Å². The van der Waals surface area contributed by atoms with Gasteiger partial charge in [-0.1, -0.05) is 48.5 Å². The maximum Gasteiger partial charge on any atom is 0.421 e. The van der Waals surface area contributed by atoms with E-state index in [1.54, 1.807) is 4.90 Å². The third kappa shape index (κ3) is 5.25. The second-order valence-corrected chi connectivity index (χ2v) is 8.99. The molecule has 2 aliphatic heterocycles. The minimum absolute atomic E-state index is 0.0724. The number of piperidine rings is 1. The summed E-state index contributed by atoms with van der Waals surface area (Å²) in [6.07, 6.45) is 3.30. The molecule has 2 heterocycles. The van der Waals surface area contributed by atoms with Crippen molar-refractivity contribution in [3.8, 4) is 0 Å². The second kappa shape index (κ2) is 9.75. The zero-order valence-electron chi connectivity index (χ0n) is 19.1. The fraction of sp³-hybridized carbons (Fsp3) is 0.423. The summed E-state index contributed by atoms with van der Waals surface area (Å²) in [6, 6.07) is 19.8. The van der Waals surface area contributed by atoms with Gasteiger partial charge < -0.3 is 14.4 Å². The predicted octanol–water partition coefficient (Wildman–Crippen LogP) is 3.18. The predicted molar refractivity (Wildman–Crippen MR) is 123 cm³/mol. The molecule has 2 aromatic carbocycles. The van der Waals surface area contributed by atoms with Gasteiger partial charge in [0.05, 0.1) is 0 Å². The smallest absolute Gasteiger partial charge is 0.405 e. The van der Waals surface area contributed by atoms with E-state index in [0.717, 1.165) is 32.4 Å². The molecule has 0 aromatic heterocycles. The van der Waals surface area contributed by atoms with E-state index in [2.05, 4.69) is 36.1 Å². The number of likely N-dealkylation sites (tertiary alicyclic amines) is 1. The summed E-state index contributed by atoms with van der Waals surface area (Å²) in [5.74, 6) is -4.16. The molecule has 2 aliphatic rings. The Morgan fingerprint density at radius 3 is 2.12 bits per heavy atom. The molecule has 7 nitrogen and oxygen atoms in total. The van der Waals surface area contributed by atoms with Gasteiger partial charge in [-0.05, 0) is 62.9 Å². The largest absolute Gasteiger partial charge is 0.421 e. The SMILES string of the molecule is C[C@@H](CN(C(=O)C1(C)OC(=O)C(=O)O1)c1ccccc1)N1CCC(Cc2ccccc2)CC1. The first kappa shape index (κ1) is 23.0. The number of carbonyl (C=O) groups is 3. The minimum Gasteiger partial charge on any atom is -0.405 e. The number of rotatable bonds is 7. The van der Waals surface area contributed by atoms with E-state index >= 15 is 0 Å². The highest BCUT2D eigenvalue weighted by molar-refractivity contribution is 6.32. The molecule has 2 fully saturated rings. The summed E-state index contributed by atoms with van der Waals surface area (Å²) in [6.45, 7) is 5.70. The van der Waals surface area contributed by atoms with Crippen LogP contribution in [0.1, 0.15) is 32.3 Å². The highest BCUT2D eigenvalue weighted by Crippen LogP contribution is 2.28. The van der Waals surface area contributed by atoms with Crippen molar-refractivity contribution in [3.63, 3.8) is 0 Å². The number of carbonyl (C=O) groups excluding carboxylic acids is 3. The fourth-order valence-corrected chi connectivity index (χ4v) is 4.63. The van der Waals surface area contributed by atoms with E-state index in [0.29, 0.717) is 18.2 Å². The number of nitrogens with zero attached hydrogens (tertiary/aromatic N) is 2. The molecule has 1 atom stereocenters. The van der Waals surface area contributed by atoms with E-state index in [-0.39, 0.29) is 6.04 Å². The van der Waals surface area contributed by atoms with Crippen LogP contribution >= 0.6 is 0 Å². The summed E-state index contributed by atoms with van der Waals surface area (Å²) < 4.78 is 10.0. The average molecular weight is 451 g/mol. The lowest BCUT2D eigenvalue weighted by Crippen LogP contribution is -2.53. The molecule has 0 saturated carbocycles. The highest BCUT2D eigenvalue weighted by atomic mass is 16.8. The van der Waals surface area contributed by atoms with Crippen molar-refractivity contribution in [2.75, 3.05) is 24.5 Å². The number of para-hydroxylation sites is 1. The Labute approximate surface area is 194 Å². The van der Waals surface area contributed by atoms with Gasteiger partial charge in [0.25, 0.3) is 0 Å². The van der Waals surface area contributed by atoms with Gasteiger partial charge in [0.15, 0.2) is 0 Å². The summed E-state index contributed by atoms with van der Waals surface area (Å²) in [5.41, 5.74) is 2.03. The lowest BCUT2D eigenvalue weighted by atomic mass is 9.89. The summed E-state index contributed by atoms with van der Waals surface area (Å²) in [7, 11) is 0. The number of esters is 2. The van der Waals surface area contributed by atoms with Crippen LogP contribution in [0.25, 0.3) is 0 Å². The van der Waals surface area contributed by atoms with Gasteiger partial charge in [-0.15, -0.1) is 0 Å². The molecule has 2 aromatic rings. The van der Waals surface area contributed by atoms with Crippen LogP contribution in [-0.4, -0.2) is 54.2 Å². The van der Waals surface area contributed by atoms with Gasteiger partial charge in [-0.25, -0.2) is 9.59 Å². The van der Waals surface area contributed by atoms with Crippen LogP contribution < -0.4 is 4.90 Å². The molecule has 0 unspecified atom stereocenters. The van der Waals surface area contributed by atoms with Crippen molar-refractivity contribution in [3.05, 3.63) is 66.2 Å². The molecule has 33 heavy (non-hydrogen) atoms. The van der Waals surface area contributed by atoms with E-state index in [9.17, 15) is 14.4 Å². The highest BCUT2D eigenvalue weighted by Gasteiger charge is 2.53. The normalized spacial score (nSPS) is 19.6. The Kier molecular flexibility index (Phi) is 6.79. The zero-order chi connectivity index (χ0) is 23.4. The van der Waals surface area contributed by atoms with Gasteiger partial charge in [0.2, 0.25) is 0 Å². The Hall–Kier alpha value is -3.19. The third-order valence-electron chi connectivity index (χ3n) is 6.53. The number of hydrogen-bond acceptors (Lipinski definition) is 6. The van der Waals surface area contributed by atoms with Crippen molar-refractivity contribution >= 4 is 23.5 Å². The van der Waals surface area contributed by atoms with E-state index in [1.807, 2.05) is 36.4 Å². The Bertz CT molecular complexity index is 970.